The Hall–Kier alpha value is -1.59. The average molecular weight is 380 g/mol. The van der Waals surface area contributed by atoms with Crippen molar-refractivity contribution in [3.8, 4) is 0 Å². The Labute approximate surface area is 168 Å². The first-order chi connectivity index (χ1) is 13.8. The van der Waals surface area contributed by atoms with Crippen molar-refractivity contribution >= 4 is 11.5 Å². The Morgan fingerprint density at radius 3 is 2.54 bits per heavy atom. The number of hydrogen-bond donors (Lipinski definition) is 0. The average Bonchev–Trinajstić information content (AvgIpc) is 3.16. The molecule has 0 aromatic carbocycles. The normalized spacial score (nSPS) is 27.6. The van der Waals surface area contributed by atoms with Crippen LogP contribution in [-0.2, 0) is 0 Å². The molecule has 5 nitrogen and oxygen atoms in total. The van der Waals surface area contributed by atoms with Gasteiger partial charge in [0.15, 0.2) is 0 Å². The molecule has 6 rings (SSSR count). The van der Waals surface area contributed by atoms with Gasteiger partial charge in [-0.3, -0.25) is 14.2 Å². The van der Waals surface area contributed by atoms with Crippen molar-refractivity contribution in [3.63, 3.8) is 0 Å². The van der Waals surface area contributed by atoms with E-state index < -0.39 is 0 Å². The maximum atomic E-state index is 5.15. The third-order valence-corrected chi connectivity index (χ3v) is 7.56. The minimum Gasteiger partial charge on any atom is -0.358 e. The van der Waals surface area contributed by atoms with Crippen LogP contribution in [-0.4, -0.2) is 64.5 Å². The molecule has 2 aliphatic carbocycles. The first-order valence-corrected chi connectivity index (χ1v) is 11.6. The van der Waals surface area contributed by atoms with Crippen LogP contribution in [0.1, 0.15) is 56.7 Å². The highest BCUT2D eigenvalue weighted by molar-refractivity contribution is 5.53. The smallest absolute Gasteiger partial charge is 0.138 e. The number of pyridine rings is 1. The van der Waals surface area contributed by atoms with Crippen LogP contribution in [0.3, 0.4) is 0 Å². The molecule has 0 bridgehead atoms. The van der Waals surface area contributed by atoms with Gasteiger partial charge in [0.25, 0.3) is 0 Å². The Kier molecular flexibility index (Phi) is 4.34. The molecule has 4 heterocycles. The fraction of sp³-hybridized carbons (Fsp3) is 0.696. The highest BCUT2D eigenvalue weighted by atomic mass is 15.3. The molecule has 0 N–H and O–H groups in total. The van der Waals surface area contributed by atoms with E-state index >= 15 is 0 Å². The minimum absolute atomic E-state index is 0.460. The lowest BCUT2D eigenvalue weighted by atomic mass is 9.90. The second-order valence-corrected chi connectivity index (χ2v) is 9.51. The van der Waals surface area contributed by atoms with Crippen molar-refractivity contribution in [2.45, 2.75) is 57.0 Å². The van der Waals surface area contributed by atoms with E-state index in [4.69, 9.17) is 4.98 Å². The fourth-order valence-electron chi connectivity index (χ4n) is 5.44. The van der Waals surface area contributed by atoms with Gasteiger partial charge in [0.05, 0.1) is 11.7 Å². The van der Waals surface area contributed by atoms with Gasteiger partial charge in [0.1, 0.15) is 11.5 Å². The van der Waals surface area contributed by atoms with Crippen molar-refractivity contribution in [2.75, 3.05) is 44.2 Å². The monoisotopic (exact) mass is 379 g/mol. The quantitative estimate of drug-likeness (QED) is 0.794. The van der Waals surface area contributed by atoms with Crippen LogP contribution in [0.4, 0.5) is 5.82 Å². The maximum absolute atomic E-state index is 5.15. The molecule has 2 aromatic rings. The van der Waals surface area contributed by atoms with Crippen LogP contribution >= 0.6 is 0 Å². The lowest BCUT2D eigenvalue weighted by Gasteiger charge is -2.46. The first-order valence-electron chi connectivity index (χ1n) is 11.6. The van der Waals surface area contributed by atoms with Gasteiger partial charge in [-0.2, -0.15) is 0 Å². The Morgan fingerprint density at radius 1 is 0.929 bits per heavy atom. The van der Waals surface area contributed by atoms with E-state index in [0.29, 0.717) is 6.04 Å². The van der Waals surface area contributed by atoms with Gasteiger partial charge in [-0.05, 0) is 56.6 Å². The third kappa shape index (κ3) is 3.13. The predicted molar refractivity (Wildman–Crippen MR) is 113 cm³/mol. The first kappa shape index (κ1) is 17.3. The Bertz CT molecular complexity index is 831. The van der Waals surface area contributed by atoms with Crippen LogP contribution in [0.25, 0.3) is 5.65 Å². The zero-order valence-electron chi connectivity index (χ0n) is 17.0. The van der Waals surface area contributed by atoms with Gasteiger partial charge in [0.2, 0.25) is 0 Å². The summed E-state index contributed by atoms with van der Waals surface area (Å²) in [4.78, 5) is 13.2. The molecule has 1 atom stereocenters. The summed E-state index contributed by atoms with van der Waals surface area (Å²) < 4.78 is 2.36. The van der Waals surface area contributed by atoms with E-state index in [-0.39, 0.29) is 0 Å². The lowest BCUT2D eigenvalue weighted by molar-refractivity contribution is 0.0194. The van der Waals surface area contributed by atoms with Gasteiger partial charge in [-0.15, -0.1) is 0 Å². The zero-order valence-corrected chi connectivity index (χ0v) is 17.0. The van der Waals surface area contributed by atoms with Crippen molar-refractivity contribution in [3.05, 3.63) is 30.1 Å². The van der Waals surface area contributed by atoms with E-state index in [1.165, 1.54) is 95.7 Å². The molecule has 2 saturated carbocycles. The molecule has 0 unspecified atom stereocenters. The molecule has 4 aliphatic rings. The molecular weight excluding hydrogens is 346 g/mol. The summed E-state index contributed by atoms with van der Waals surface area (Å²) in [5.41, 5.74) is 2.41. The molecule has 0 amide bonds. The van der Waals surface area contributed by atoms with Crippen LogP contribution in [0, 0.1) is 5.92 Å². The van der Waals surface area contributed by atoms with Crippen molar-refractivity contribution in [1.82, 2.24) is 19.2 Å². The van der Waals surface area contributed by atoms with Gasteiger partial charge in [-0.1, -0.05) is 12.5 Å². The van der Waals surface area contributed by atoms with Crippen molar-refractivity contribution in [1.29, 1.82) is 0 Å². The van der Waals surface area contributed by atoms with Gasteiger partial charge >= 0.3 is 0 Å². The molecule has 0 radical (unpaired) electrons. The van der Waals surface area contributed by atoms with E-state index in [2.05, 4.69) is 43.5 Å². The molecule has 28 heavy (non-hydrogen) atoms. The van der Waals surface area contributed by atoms with E-state index in [1.807, 2.05) is 0 Å². The number of imidazole rings is 1. The largest absolute Gasteiger partial charge is 0.358 e. The zero-order chi connectivity index (χ0) is 18.5. The summed E-state index contributed by atoms with van der Waals surface area (Å²) in [5.74, 6) is 2.27. The van der Waals surface area contributed by atoms with Gasteiger partial charge in [-0.25, -0.2) is 4.98 Å². The molecule has 4 fully saturated rings. The topological polar surface area (TPSA) is 27.0 Å². The Morgan fingerprint density at radius 2 is 1.79 bits per heavy atom. The van der Waals surface area contributed by atoms with Crippen LogP contribution in [0.2, 0.25) is 0 Å². The highest BCUT2D eigenvalue weighted by Crippen LogP contribution is 2.36. The summed E-state index contributed by atoms with van der Waals surface area (Å²) in [6.45, 7) is 7.26. The third-order valence-electron chi connectivity index (χ3n) is 7.56. The number of fused-ring (bicyclic) bond motifs is 1. The summed E-state index contributed by atoms with van der Waals surface area (Å²) in [6, 6.07) is 7.93. The van der Waals surface area contributed by atoms with Crippen molar-refractivity contribution < 1.29 is 0 Å². The SMILES string of the molecule is c1cc(N2CCCC2)n2cc([C@H]3CN(C4CCC4)CCN3CC3CC3)nc2c1. The molecule has 2 aromatic heterocycles. The number of aromatic nitrogens is 2. The van der Waals surface area contributed by atoms with Gasteiger partial charge < -0.3 is 4.90 Å². The molecule has 0 spiro atoms. The van der Waals surface area contributed by atoms with E-state index in [0.717, 1.165) is 17.6 Å². The standard InChI is InChI=1S/C23H33N5/c1-2-12-25(11-1)23-8-4-7-22-24-20(16-28(22)23)21-17-26(19-5-3-6-19)13-14-27(21)15-18-9-10-18/h4,7-8,16,18-19,21H,1-3,5-6,9-15,17H2/t21-/m1/s1. The maximum Gasteiger partial charge on any atom is 0.138 e. The van der Waals surface area contributed by atoms with Crippen LogP contribution in [0.5, 0.6) is 0 Å². The molecular formula is C23H33N5. The second-order valence-electron chi connectivity index (χ2n) is 9.51. The molecule has 150 valence electrons. The van der Waals surface area contributed by atoms with E-state index in [1.54, 1.807) is 0 Å². The number of hydrogen-bond acceptors (Lipinski definition) is 4. The number of nitrogens with zero attached hydrogens (tertiary/aromatic N) is 5. The van der Waals surface area contributed by atoms with Gasteiger partial charge in [0, 0.05) is 51.5 Å². The fourth-order valence-corrected chi connectivity index (χ4v) is 5.44. The molecule has 2 saturated heterocycles. The van der Waals surface area contributed by atoms with Crippen LogP contribution in [0.15, 0.2) is 24.4 Å². The molecule has 5 heteroatoms. The summed E-state index contributed by atoms with van der Waals surface area (Å²) in [5, 5.41) is 0. The van der Waals surface area contributed by atoms with Crippen LogP contribution < -0.4 is 4.90 Å². The predicted octanol–water partition coefficient (Wildman–Crippen LogP) is 3.56. The number of anilines is 1. The minimum atomic E-state index is 0.460. The summed E-state index contributed by atoms with van der Waals surface area (Å²) in [6.07, 6.45) is 12.1. The second kappa shape index (κ2) is 7.03. The molecule has 2 aliphatic heterocycles. The van der Waals surface area contributed by atoms with E-state index in [9.17, 15) is 0 Å². The highest BCUT2D eigenvalue weighted by Gasteiger charge is 2.37. The summed E-state index contributed by atoms with van der Waals surface area (Å²) in [7, 11) is 0. The Balaban J connectivity index is 1.32. The number of piperazine rings is 1. The lowest BCUT2D eigenvalue weighted by Crippen LogP contribution is -2.53. The number of rotatable bonds is 5. The van der Waals surface area contributed by atoms with Crippen molar-refractivity contribution in [2.24, 2.45) is 5.92 Å². The summed E-state index contributed by atoms with van der Waals surface area (Å²) >= 11 is 0.